The highest BCUT2D eigenvalue weighted by atomic mass is 32.1. The molecular weight excluding hydrogens is 406 g/mol. The van der Waals surface area contributed by atoms with Crippen LogP contribution in [0, 0.1) is 6.92 Å². The van der Waals surface area contributed by atoms with Gasteiger partial charge in [-0.1, -0.05) is 17.7 Å². The lowest BCUT2D eigenvalue weighted by Crippen LogP contribution is -2.53. The van der Waals surface area contributed by atoms with Crippen molar-refractivity contribution in [1.29, 1.82) is 0 Å². The molecule has 1 aromatic heterocycles. The number of carbonyl (C=O) groups excluding carboxylic acids is 3. The summed E-state index contributed by atoms with van der Waals surface area (Å²) in [6.45, 7) is 4.99. The van der Waals surface area contributed by atoms with E-state index in [1.807, 2.05) is 31.2 Å². The molecule has 1 saturated heterocycles. The molecule has 9 nitrogen and oxygen atoms in total. The molecule has 1 unspecified atom stereocenters. The van der Waals surface area contributed by atoms with Gasteiger partial charge in [-0.15, -0.1) is 11.3 Å². The van der Waals surface area contributed by atoms with Gasteiger partial charge in [0.1, 0.15) is 5.00 Å². The molecule has 4 amide bonds. The summed E-state index contributed by atoms with van der Waals surface area (Å²) in [4.78, 5) is 42.2. The van der Waals surface area contributed by atoms with Crippen molar-refractivity contribution in [2.45, 2.75) is 33.1 Å². The quantitative estimate of drug-likeness (QED) is 0.769. The van der Waals surface area contributed by atoms with Gasteiger partial charge in [-0.25, -0.2) is 20.0 Å². The summed E-state index contributed by atoms with van der Waals surface area (Å²) in [6.07, 6.45) is -0.421. The van der Waals surface area contributed by atoms with Gasteiger partial charge >= 0.3 is 12.1 Å². The summed E-state index contributed by atoms with van der Waals surface area (Å²) in [6, 6.07) is 7.21. The smallest absolute Gasteiger partial charge is 0.410 e. The van der Waals surface area contributed by atoms with E-state index in [0.29, 0.717) is 37.4 Å². The van der Waals surface area contributed by atoms with Crippen LogP contribution in [0.3, 0.4) is 0 Å². The Morgan fingerprint density at radius 1 is 1.27 bits per heavy atom. The molecule has 5 rings (SSSR count). The number of hydrazine groups is 1. The Hall–Kier alpha value is -3.27. The van der Waals surface area contributed by atoms with Gasteiger partial charge in [0.05, 0.1) is 18.7 Å². The van der Waals surface area contributed by atoms with Crippen molar-refractivity contribution < 1.29 is 19.1 Å². The summed E-state index contributed by atoms with van der Waals surface area (Å²) in [7, 11) is 0. The highest BCUT2D eigenvalue weighted by Gasteiger charge is 2.48. The molecular formula is C20H21N5O4S. The zero-order chi connectivity index (χ0) is 21.0. The third-order valence-corrected chi connectivity index (χ3v) is 6.66. The minimum atomic E-state index is -0.651. The van der Waals surface area contributed by atoms with E-state index < -0.39 is 6.29 Å². The van der Waals surface area contributed by atoms with Crippen LogP contribution in [0.1, 0.15) is 33.3 Å². The van der Waals surface area contributed by atoms with Crippen LogP contribution in [0.15, 0.2) is 24.3 Å². The number of benzene rings is 1. The second kappa shape index (κ2) is 6.91. The first kappa shape index (κ1) is 18.7. The van der Waals surface area contributed by atoms with Gasteiger partial charge in [0.2, 0.25) is 6.29 Å². The topological polar surface area (TPSA) is 94.2 Å². The van der Waals surface area contributed by atoms with Crippen molar-refractivity contribution in [3.63, 3.8) is 0 Å². The Morgan fingerprint density at radius 3 is 2.77 bits per heavy atom. The third kappa shape index (κ3) is 2.78. The first-order valence-corrected chi connectivity index (χ1v) is 10.6. The van der Waals surface area contributed by atoms with Gasteiger partial charge in [0, 0.05) is 17.1 Å². The number of thiophene rings is 1. The Kier molecular flexibility index (Phi) is 4.31. The van der Waals surface area contributed by atoms with Crippen LogP contribution < -0.4 is 15.6 Å². The van der Waals surface area contributed by atoms with Crippen LogP contribution in [0.25, 0.3) is 0 Å². The Morgan fingerprint density at radius 2 is 2.03 bits per heavy atom. The molecule has 3 aliphatic heterocycles. The lowest BCUT2D eigenvalue weighted by atomic mass is 10.0. The molecule has 0 aliphatic carbocycles. The van der Waals surface area contributed by atoms with Gasteiger partial charge in [0.15, 0.2) is 0 Å². The van der Waals surface area contributed by atoms with E-state index in [1.165, 1.54) is 21.2 Å². The zero-order valence-corrected chi connectivity index (χ0v) is 17.4. The number of nitrogens with zero attached hydrogens (tertiary/aromatic N) is 3. The van der Waals surface area contributed by atoms with E-state index >= 15 is 0 Å². The number of nitrogens with one attached hydrogen (secondary N) is 2. The molecule has 156 valence electrons. The van der Waals surface area contributed by atoms with E-state index in [9.17, 15) is 14.4 Å². The van der Waals surface area contributed by atoms with Crippen molar-refractivity contribution in [1.82, 2.24) is 15.3 Å². The molecule has 30 heavy (non-hydrogen) atoms. The molecule has 2 aromatic rings. The minimum Gasteiger partial charge on any atom is -0.450 e. The number of hydrogen-bond acceptors (Lipinski definition) is 6. The monoisotopic (exact) mass is 427 g/mol. The molecule has 1 fully saturated rings. The number of aryl methyl sites for hydroxylation is 1. The second-order valence-corrected chi connectivity index (χ2v) is 8.50. The Labute approximate surface area is 177 Å². The van der Waals surface area contributed by atoms with Crippen LogP contribution in [-0.4, -0.2) is 47.4 Å². The molecule has 0 spiro atoms. The fourth-order valence-electron chi connectivity index (χ4n) is 4.04. The zero-order valence-electron chi connectivity index (χ0n) is 16.6. The third-order valence-electron chi connectivity index (χ3n) is 5.51. The van der Waals surface area contributed by atoms with Crippen molar-refractivity contribution in [3.8, 4) is 0 Å². The maximum absolute atomic E-state index is 13.3. The molecule has 3 aliphatic rings. The lowest BCUT2D eigenvalue weighted by Gasteiger charge is -2.33. The van der Waals surface area contributed by atoms with Crippen LogP contribution in [0.5, 0.6) is 0 Å². The normalized spacial score (nSPS) is 19.7. The second-order valence-electron chi connectivity index (χ2n) is 7.39. The molecule has 0 radical (unpaired) electrons. The van der Waals surface area contributed by atoms with E-state index in [4.69, 9.17) is 4.74 Å². The van der Waals surface area contributed by atoms with Crippen LogP contribution >= 0.6 is 11.3 Å². The highest BCUT2D eigenvalue weighted by molar-refractivity contribution is 7.16. The van der Waals surface area contributed by atoms with Crippen LogP contribution in [0.4, 0.5) is 20.3 Å². The molecule has 1 atom stereocenters. The maximum Gasteiger partial charge on any atom is 0.410 e. The molecule has 4 heterocycles. The lowest BCUT2D eigenvalue weighted by molar-refractivity contribution is 0.0665. The summed E-state index contributed by atoms with van der Waals surface area (Å²) in [5.41, 5.74) is 5.99. The van der Waals surface area contributed by atoms with Gasteiger partial charge < -0.3 is 15.0 Å². The fourth-order valence-corrected chi connectivity index (χ4v) is 5.31. The Balaban J connectivity index is 1.46. The van der Waals surface area contributed by atoms with Gasteiger partial charge in [-0.3, -0.25) is 9.69 Å². The molecule has 2 N–H and O–H groups in total. The number of rotatable bonds is 2. The van der Waals surface area contributed by atoms with Crippen LogP contribution in [-0.2, 0) is 17.7 Å². The molecule has 1 aromatic carbocycles. The van der Waals surface area contributed by atoms with E-state index in [2.05, 4.69) is 10.7 Å². The molecule has 10 heteroatoms. The standard InChI is InChI=1S/C20H21N5O4S/c1-3-29-20(28)23-9-8-13-14(10-23)30-16-15(13)17(26)25-18(21-16)24(19(27)22-25)12-6-4-11(2)5-7-12/h4-7,18,21H,3,8-10H2,1-2H3,(H,22,27). The largest absolute Gasteiger partial charge is 0.450 e. The van der Waals surface area contributed by atoms with Crippen molar-refractivity contribution in [3.05, 3.63) is 45.8 Å². The first-order chi connectivity index (χ1) is 14.5. The summed E-state index contributed by atoms with van der Waals surface area (Å²) in [5, 5.41) is 5.41. The highest BCUT2D eigenvalue weighted by Crippen LogP contribution is 2.42. The van der Waals surface area contributed by atoms with Gasteiger partial charge in [-0.05, 0) is 38.0 Å². The summed E-state index contributed by atoms with van der Waals surface area (Å²) in [5.74, 6) is -0.237. The number of anilines is 2. The maximum atomic E-state index is 13.3. The summed E-state index contributed by atoms with van der Waals surface area (Å²) >= 11 is 1.46. The van der Waals surface area contributed by atoms with E-state index in [0.717, 1.165) is 21.0 Å². The number of carbonyl (C=O) groups is 3. The SMILES string of the molecule is CCOC(=O)N1CCc2c(sc3c2C(=O)N2NC(=O)N(c4ccc(C)cc4)C2N3)C1. The van der Waals surface area contributed by atoms with Crippen LogP contribution in [0.2, 0.25) is 0 Å². The Bertz CT molecular complexity index is 1050. The average molecular weight is 427 g/mol. The van der Waals surface area contributed by atoms with Gasteiger partial charge in [-0.2, -0.15) is 0 Å². The minimum absolute atomic E-state index is 0.237. The fraction of sp³-hybridized carbons (Fsp3) is 0.350. The van der Waals surface area contributed by atoms with Crippen molar-refractivity contribution in [2.75, 3.05) is 23.4 Å². The number of ether oxygens (including phenoxy) is 1. The molecule has 0 bridgehead atoms. The number of hydrogen-bond donors (Lipinski definition) is 2. The average Bonchev–Trinajstić information content (AvgIpc) is 3.26. The molecule has 0 saturated carbocycles. The van der Waals surface area contributed by atoms with E-state index in [1.54, 1.807) is 11.8 Å². The predicted molar refractivity (Wildman–Crippen MR) is 111 cm³/mol. The number of urea groups is 1. The summed E-state index contributed by atoms with van der Waals surface area (Å²) < 4.78 is 5.11. The van der Waals surface area contributed by atoms with Crippen molar-refractivity contribution >= 4 is 40.1 Å². The first-order valence-electron chi connectivity index (χ1n) is 9.80. The predicted octanol–water partition coefficient (Wildman–Crippen LogP) is 2.87. The number of fused-ring (bicyclic) bond motifs is 4. The number of amides is 4. The van der Waals surface area contributed by atoms with Gasteiger partial charge in [0.25, 0.3) is 5.91 Å². The van der Waals surface area contributed by atoms with Crippen molar-refractivity contribution in [2.24, 2.45) is 0 Å². The van der Waals surface area contributed by atoms with E-state index in [-0.39, 0.29) is 18.0 Å².